The molecule has 1 saturated heterocycles. The molecular weight excluding hydrogens is 450 g/mol. The van der Waals surface area contributed by atoms with E-state index in [-0.39, 0.29) is 6.04 Å². The number of hydrogen-bond donors (Lipinski definition) is 2. The summed E-state index contributed by atoms with van der Waals surface area (Å²) >= 11 is 0. The summed E-state index contributed by atoms with van der Waals surface area (Å²) in [4.78, 5) is 12.1. The van der Waals surface area contributed by atoms with Crippen LogP contribution in [0.2, 0.25) is 0 Å². The van der Waals surface area contributed by atoms with E-state index < -0.39 is 0 Å². The lowest BCUT2D eigenvalue weighted by Crippen LogP contribution is -2.40. The molecular formula is C27H31N9. The normalized spacial score (nSPS) is 14.8. The second-order valence-electron chi connectivity index (χ2n) is 9.76. The molecule has 0 spiro atoms. The number of rotatable bonds is 6. The van der Waals surface area contributed by atoms with Gasteiger partial charge in [0.2, 0.25) is 11.9 Å². The van der Waals surface area contributed by atoms with Gasteiger partial charge in [-0.25, -0.2) is 4.68 Å². The molecule has 184 valence electrons. The summed E-state index contributed by atoms with van der Waals surface area (Å²) in [5, 5.41) is 14.0. The highest BCUT2D eigenvalue weighted by molar-refractivity contribution is 5.80. The maximum absolute atomic E-state index is 6.14. The number of nitrogens with two attached hydrogens (primary N) is 1. The molecule has 0 aliphatic carbocycles. The molecule has 0 saturated carbocycles. The maximum atomic E-state index is 6.14. The standard InChI is InChI=1S/C27H31N9/c1-18(2)22-17-31-36-25(22)32-27(34-13-11-21(28)12-14-34)33-26(36)29-15-19-7-3-5-9-23(19)35-24-10-6-4-8-20(24)16-30-35/h3-10,16-18,21H,11-15,28H2,1-2H3,(H,29,32,33). The van der Waals surface area contributed by atoms with E-state index in [1.807, 2.05) is 39.8 Å². The third-order valence-electron chi connectivity index (χ3n) is 6.96. The molecule has 0 bridgehead atoms. The van der Waals surface area contributed by atoms with E-state index in [2.05, 4.69) is 64.6 Å². The second-order valence-corrected chi connectivity index (χ2v) is 9.76. The van der Waals surface area contributed by atoms with Gasteiger partial charge in [0.15, 0.2) is 5.65 Å². The minimum atomic E-state index is 0.249. The van der Waals surface area contributed by atoms with Crippen molar-refractivity contribution in [2.75, 3.05) is 23.3 Å². The van der Waals surface area contributed by atoms with Gasteiger partial charge in [-0.15, -0.1) is 0 Å². The average Bonchev–Trinajstić information content (AvgIpc) is 3.52. The quantitative estimate of drug-likeness (QED) is 0.376. The Kier molecular flexibility index (Phi) is 5.77. The molecule has 1 aliphatic rings. The molecule has 0 unspecified atom stereocenters. The van der Waals surface area contributed by atoms with Crippen LogP contribution < -0.4 is 16.0 Å². The Labute approximate surface area is 210 Å². The third kappa shape index (κ3) is 4.05. The van der Waals surface area contributed by atoms with E-state index in [4.69, 9.17) is 15.7 Å². The van der Waals surface area contributed by atoms with Gasteiger partial charge in [-0.2, -0.15) is 24.7 Å². The first-order valence-electron chi connectivity index (χ1n) is 12.6. The van der Waals surface area contributed by atoms with Crippen molar-refractivity contribution in [2.24, 2.45) is 5.73 Å². The van der Waals surface area contributed by atoms with Crippen LogP contribution in [0, 0.1) is 0 Å². The molecule has 1 fully saturated rings. The van der Waals surface area contributed by atoms with E-state index in [1.165, 1.54) is 0 Å². The van der Waals surface area contributed by atoms with E-state index in [0.717, 1.165) is 65.2 Å². The molecule has 3 aromatic heterocycles. The molecule has 0 radical (unpaired) electrons. The first kappa shape index (κ1) is 22.5. The summed E-state index contributed by atoms with van der Waals surface area (Å²) < 4.78 is 3.82. The van der Waals surface area contributed by atoms with E-state index >= 15 is 0 Å². The van der Waals surface area contributed by atoms with E-state index in [0.29, 0.717) is 18.4 Å². The number of aromatic nitrogens is 6. The Morgan fingerprint density at radius 1 is 0.972 bits per heavy atom. The fraction of sp³-hybridized carbons (Fsp3) is 0.333. The lowest BCUT2D eigenvalue weighted by atomic mass is 10.1. The Hall–Kier alpha value is -3.98. The Bertz CT molecular complexity index is 1510. The van der Waals surface area contributed by atoms with Gasteiger partial charge in [-0.1, -0.05) is 50.2 Å². The van der Waals surface area contributed by atoms with Gasteiger partial charge in [-0.3, -0.25) is 0 Å². The third-order valence-corrected chi connectivity index (χ3v) is 6.96. The summed E-state index contributed by atoms with van der Waals surface area (Å²) in [6, 6.07) is 16.8. The number of fused-ring (bicyclic) bond motifs is 2. The van der Waals surface area contributed by atoms with Gasteiger partial charge in [0.05, 0.1) is 23.6 Å². The zero-order valence-electron chi connectivity index (χ0n) is 20.7. The van der Waals surface area contributed by atoms with Crippen LogP contribution >= 0.6 is 0 Å². The van der Waals surface area contributed by atoms with Crippen molar-refractivity contribution >= 4 is 28.4 Å². The SMILES string of the molecule is CC(C)c1cnn2c(NCc3ccccc3-n3ncc4ccccc43)nc(N3CCC(N)CC3)nc12. The van der Waals surface area contributed by atoms with Gasteiger partial charge >= 0.3 is 0 Å². The smallest absolute Gasteiger partial charge is 0.230 e. The minimum absolute atomic E-state index is 0.249. The average molecular weight is 482 g/mol. The second kappa shape index (κ2) is 9.23. The van der Waals surface area contributed by atoms with Gasteiger partial charge < -0.3 is 16.0 Å². The number of hydrogen-bond acceptors (Lipinski definition) is 7. The summed E-state index contributed by atoms with van der Waals surface area (Å²) in [5.74, 6) is 1.71. The number of nitrogens with one attached hydrogen (secondary N) is 1. The van der Waals surface area contributed by atoms with Crippen molar-refractivity contribution in [3.05, 3.63) is 72.1 Å². The van der Waals surface area contributed by atoms with Crippen molar-refractivity contribution in [1.29, 1.82) is 0 Å². The maximum Gasteiger partial charge on any atom is 0.230 e. The predicted molar refractivity (Wildman–Crippen MR) is 143 cm³/mol. The molecule has 3 N–H and O–H groups in total. The molecule has 0 atom stereocenters. The molecule has 0 amide bonds. The lowest BCUT2D eigenvalue weighted by Gasteiger charge is -2.30. The van der Waals surface area contributed by atoms with Crippen molar-refractivity contribution in [1.82, 2.24) is 29.4 Å². The first-order valence-corrected chi connectivity index (χ1v) is 12.6. The number of anilines is 2. The van der Waals surface area contributed by atoms with E-state index in [9.17, 15) is 0 Å². The lowest BCUT2D eigenvalue weighted by molar-refractivity contribution is 0.495. The molecule has 5 aromatic rings. The van der Waals surface area contributed by atoms with Crippen LogP contribution in [0.1, 0.15) is 43.7 Å². The van der Waals surface area contributed by atoms with Crippen molar-refractivity contribution in [3.63, 3.8) is 0 Å². The number of piperidine rings is 1. The molecule has 6 rings (SSSR count). The highest BCUT2D eigenvalue weighted by Crippen LogP contribution is 2.26. The molecule has 9 heteroatoms. The predicted octanol–water partition coefficient (Wildman–Crippen LogP) is 4.13. The van der Waals surface area contributed by atoms with Crippen molar-refractivity contribution < 1.29 is 0 Å². The van der Waals surface area contributed by atoms with E-state index in [1.54, 1.807) is 0 Å². The number of nitrogens with zero attached hydrogens (tertiary/aromatic N) is 7. The summed E-state index contributed by atoms with van der Waals surface area (Å²) in [6.07, 6.45) is 5.69. The Morgan fingerprint density at radius 2 is 1.75 bits per heavy atom. The highest BCUT2D eigenvalue weighted by atomic mass is 15.4. The summed E-state index contributed by atoms with van der Waals surface area (Å²) in [6.45, 7) is 6.61. The first-order chi connectivity index (χ1) is 17.6. The van der Waals surface area contributed by atoms with Gasteiger partial charge in [-0.05, 0) is 36.5 Å². The van der Waals surface area contributed by atoms with Crippen molar-refractivity contribution in [2.45, 2.75) is 45.2 Å². The van der Waals surface area contributed by atoms with Crippen LogP contribution in [-0.2, 0) is 6.54 Å². The highest BCUT2D eigenvalue weighted by Gasteiger charge is 2.22. The van der Waals surface area contributed by atoms with Crippen LogP contribution in [0.15, 0.2) is 60.9 Å². The monoisotopic (exact) mass is 481 g/mol. The molecule has 1 aliphatic heterocycles. The zero-order chi connectivity index (χ0) is 24.6. The Morgan fingerprint density at radius 3 is 2.58 bits per heavy atom. The molecule has 9 nitrogen and oxygen atoms in total. The van der Waals surface area contributed by atoms with Gasteiger partial charge in [0.25, 0.3) is 0 Å². The number of benzene rings is 2. The summed E-state index contributed by atoms with van der Waals surface area (Å²) in [5.41, 5.74) is 11.3. The number of para-hydroxylation sites is 2. The van der Waals surface area contributed by atoms with Gasteiger partial charge in [0.1, 0.15) is 0 Å². The topological polar surface area (TPSA) is 102 Å². The van der Waals surface area contributed by atoms with Crippen LogP contribution in [0.5, 0.6) is 0 Å². The molecule has 2 aromatic carbocycles. The molecule has 36 heavy (non-hydrogen) atoms. The van der Waals surface area contributed by atoms with Gasteiger partial charge in [0, 0.05) is 36.6 Å². The zero-order valence-corrected chi connectivity index (χ0v) is 20.7. The van der Waals surface area contributed by atoms with Crippen LogP contribution in [0.25, 0.3) is 22.2 Å². The minimum Gasteiger partial charge on any atom is -0.350 e. The van der Waals surface area contributed by atoms with Crippen molar-refractivity contribution in [3.8, 4) is 5.69 Å². The van der Waals surface area contributed by atoms with Crippen LogP contribution in [-0.4, -0.2) is 48.5 Å². The van der Waals surface area contributed by atoms with Crippen LogP contribution in [0.3, 0.4) is 0 Å². The molecule has 4 heterocycles. The van der Waals surface area contributed by atoms with Crippen LogP contribution in [0.4, 0.5) is 11.9 Å². The largest absolute Gasteiger partial charge is 0.350 e. The fourth-order valence-electron chi connectivity index (χ4n) is 4.85. The Balaban J connectivity index is 1.36. The summed E-state index contributed by atoms with van der Waals surface area (Å²) in [7, 11) is 0. The fourth-order valence-corrected chi connectivity index (χ4v) is 4.85.